The van der Waals surface area contributed by atoms with Crippen molar-refractivity contribution in [1.29, 1.82) is 0 Å². The predicted molar refractivity (Wildman–Crippen MR) is 240 cm³/mol. The van der Waals surface area contributed by atoms with Crippen molar-refractivity contribution in [3.63, 3.8) is 0 Å². The van der Waals surface area contributed by atoms with Gasteiger partial charge in [0, 0.05) is 7.05 Å². The molecule has 0 amide bonds. The summed E-state index contributed by atoms with van der Waals surface area (Å²) in [6.45, 7) is 5.70. The third kappa shape index (κ3) is 8.15. The molecule has 0 saturated carbocycles. The summed E-state index contributed by atoms with van der Waals surface area (Å²) in [5, 5.41) is 7.16. The van der Waals surface area contributed by atoms with Gasteiger partial charge < -0.3 is 0 Å². The van der Waals surface area contributed by atoms with Crippen molar-refractivity contribution in [1.82, 2.24) is 4.31 Å². The first-order chi connectivity index (χ1) is 27.8. The molecule has 0 saturated heterocycles. The van der Waals surface area contributed by atoms with Gasteiger partial charge in [-0.05, 0) is 142 Å². The lowest BCUT2D eigenvalue weighted by Gasteiger charge is -2.36. The second kappa shape index (κ2) is 16.1. The molecule has 58 heavy (non-hydrogen) atoms. The minimum Gasteiger partial charge on any atom is -0.242 e. The van der Waals surface area contributed by atoms with E-state index in [2.05, 4.69) is 78.9 Å². The number of benzene rings is 8. The number of halogens is 3. The first-order valence-electron chi connectivity index (χ1n) is 19.2. The molecular weight excluding hydrogens is 763 g/mol. The van der Waals surface area contributed by atoms with E-state index in [1.54, 1.807) is 17.4 Å². The summed E-state index contributed by atoms with van der Waals surface area (Å²) >= 11 is 0. The lowest BCUT2D eigenvalue weighted by molar-refractivity contribution is -0.137. The molecule has 8 rings (SSSR count). The summed E-state index contributed by atoms with van der Waals surface area (Å²) in [6, 6.07) is 58.7. The molecule has 7 heteroatoms. The van der Waals surface area contributed by atoms with Crippen molar-refractivity contribution in [2.75, 3.05) is 7.05 Å². The van der Waals surface area contributed by atoms with E-state index in [-0.39, 0.29) is 0 Å². The van der Waals surface area contributed by atoms with E-state index in [0.29, 0.717) is 5.56 Å². The van der Waals surface area contributed by atoms with E-state index in [9.17, 15) is 17.4 Å². The number of hydrogen-bond acceptors (Lipinski definition) is 1. The van der Waals surface area contributed by atoms with Crippen molar-refractivity contribution in [3.8, 4) is 22.3 Å². The Morgan fingerprint density at radius 3 is 1.45 bits per heavy atom. The molecule has 8 aromatic rings. The average molecular weight is 806 g/mol. The highest BCUT2D eigenvalue weighted by molar-refractivity contribution is 7.84. The van der Waals surface area contributed by atoms with Crippen LogP contribution in [0.1, 0.15) is 43.5 Å². The van der Waals surface area contributed by atoms with Gasteiger partial charge in [-0.15, -0.1) is 0 Å². The quantitative estimate of drug-likeness (QED) is 0.133. The highest BCUT2D eigenvalue weighted by atomic mass is 32.2. The van der Waals surface area contributed by atoms with E-state index in [1.807, 2.05) is 106 Å². The zero-order chi connectivity index (χ0) is 40.6. The molecule has 2 atom stereocenters. The van der Waals surface area contributed by atoms with Gasteiger partial charge in [-0.25, -0.2) is 8.51 Å². The Balaban J connectivity index is 1.45. The molecule has 0 aliphatic carbocycles. The largest absolute Gasteiger partial charge is 0.416 e. The van der Waals surface area contributed by atoms with Gasteiger partial charge in [-0.2, -0.15) is 13.2 Å². The molecule has 2 nitrogen and oxygen atoms in total. The van der Waals surface area contributed by atoms with E-state index in [4.69, 9.17) is 0 Å². The Hall–Kier alpha value is -5.39. The standard InChI is InChI=1S/C51H43F3NOPS/c1-50(2,3)58(56)55(4)49(47-34-44(51(52,53)54)27-28-48(47)57(45-19-7-5-8-20-45)46-21-9-6-10-22-46)43-32-41(39-25-23-35-15-11-13-17-37(35)29-39)31-42(33-43)40-26-24-36-16-12-14-18-38(36)30-40/h5-34,49H,1-4H3/t49-,58-/m1/s1. The van der Waals surface area contributed by atoms with Crippen LogP contribution in [0.25, 0.3) is 43.8 Å². The molecule has 0 fully saturated rings. The van der Waals surface area contributed by atoms with Gasteiger partial charge in [0.05, 0.1) is 16.4 Å². The van der Waals surface area contributed by atoms with Gasteiger partial charge in [0.2, 0.25) is 0 Å². The van der Waals surface area contributed by atoms with Gasteiger partial charge in [0.1, 0.15) is 11.0 Å². The van der Waals surface area contributed by atoms with Crippen LogP contribution in [0, 0.1) is 0 Å². The minimum absolute atomic E-state index is 0.467. The van der Waals surface area contributed by atoms with Crippen LogP contribution in [-0.2, 0) is 17.2 Å². The molecule has 290 valence electrons. The Morgan fingerprint density at radius 2 is 0.983 bits per heavy atom. The maximum absolute atomic E-state index is 14.9. The van der Waals surface area contributed by atoms with Crippen LogP contribution in [0.15, 0.2) is 182 Å². The number of hydrogen-bond donors (Lipinski definition) is 0. The lowest BCUT2D eigenvalue weighted by Crippen LogP contribution is -2.39. The van der Waals surface area contributed by atoms with Crippen LogP contribution in [0.5, 0.6) is 0 Å². The Morgan fingerprint density at radius 1 is 0.517 bits per heavy atom. The molecular formula is C51H43F3NOPS. The van der Waals surface area contributed by atoms with Crippen LogP contribution >= 0.6 is 7.92 Å². The topological polar surface area (TPSA) is 20.3 Å². The van der Waals surface area contributed by atoms with Gasteiger partial charge in [-0.1, -0.05) is 140 Å². The third-order valence-corrected chi connectivity index (χ3v) is 14.8. The van der Waals surface area contributed by atoms with Gasteiger partial charge in [-0.3, -0.25) is 0 Å². The van der Waals surface area contributed by atoms with Crippen molar-refractivity contribution < 1.29 is 17.4 Å². The van der Waals surface area contributed by atoms with E-state index in [0.717, 1.165) is 65.3 Å². The molecule has 8 aromatic carbocycles. The Bertz CT molecular complexity index is 2630. The zero-order valence-electron chi connectivity index (χ0n) is 32.7. The normalized spacial score (nSPS) is 13.3. The second-order valence-corrected chi connectivity index (χ2v) is 20.0. The number of alkyl halides is 3. The van der Waals surface area contributed by atoms with Crippen LogP contribution in [0.3, 0.4) is 0 Å². The minimum atomic E-state index is -4.61. The van der Waals surface area contributed by atoms with Crippen LogP contribution < -0.4 is 15.9 Å². The molecule has 0 aliphatic rings. The Kier molecular flexibility index (Phi) is 10.9. The van der Waals surface area contributed by atoms with Crippen molar-refractivity contribution in [2.24, 2.45) is 0 Å². The molecule has 0 aliphatic heterocycles. The van der Waals surface area contributed by atoms with E-state index in [1.165, 1.54) is 12.1 Å². The third-order valence-electron chi connectivity index (χ3n) is 10.5. The summed E-state index contributed by atoms with van der Waals surface area (Å²) in [6.07, 6.45) is -4.61. The molecule has 0 radical (unpaired) electrons. The smallest absolute Gasteiger partial charge is 0.242 e. The summed E-state index contributed by atoms with van der Waals surface area (Å²) in [4.78, 5) is 0. The zero-order valence-corrected chi connectivity index (χ0v) is 34.5. The fourth-order valence-electron chi connectivity index (χ4n) is 7.73. The Labute approximate surface area is 342 Å². The fraction of sp³-hybridized carbons (Fsp3) is 0.137. The lowest BCUT2D eigenvalue weighted by atomic mass is 9.89. The van der Waals surface area contributed by atoms with Gasteiger partial charge in [0.15, 0.2) is 0 Å². The number of nitrogens with zero attached hydrogens (tertiary/aromatic N) is 1. The fourth-order valence-corrected chi connectivity index (χ4v) is 11.5. The van der Waals surface area contributed by atoms with Crippen LogP contribution in [0.4, 0.5) is 13.2 Å². The van der Waals surface area contributed by atoms with Crippen molar-refractivity contribution in [3.05, 3.63) is 199 Å². The maximum Gasteiger partial charge on any atom is 0.416 e. The molecule has 0 aromatic heterocycles. The molecule has 0 N–H and O–H groups in total. The van der Waals surface area contributed by atoms with Crippen LogP contribution in [-0.4, -0.2) is 20.3 Å². The van der Waals surface area contributed by atoms with E-state index < -0.39 is 41.4 Å². The summed E-state index contributed by atoms with van der Waals surface area (Å²) in [5.74, 6) is 0. The molecule has 0 spiro atoms. The first kappa shape index (κ1) is 39.4. The van der Waals surface area contributed by atoms with Crippen LogP contribution in [0.2, 0.25) is 0 Å². The second-order valence-electron chi connectivity index (χ2n) is 15.6. The molecule has 0 bridgehead atoms. The summed E-state index contributed by atoms with van der Waals surface area (Å²) in [7, 11) is -1.20. The summed E-state index contributed by atoms with van der Waals surface area (Å²) in [5.41, 5.74) is 4.23. The van der Waals surface area contributed by atoms with Gasteiger partial charge >= 0.3 is 6.18 Å². The van der Waals surface area contributed by atoms with Crippen molar-refractivity contribution >= 4 is 56.4 Å². The van der Waals surface area contributed by atoms with E-state index >= 15 is 0 Å². The number of fused-ring (bicyclic) bond motifs is 2. The molecule has 0 heterocycles. The highest BCUT2D eigenvalue weighted by Gasteiger charge is 2.37. The number of rotatable bonds is 9. The summed E-state index contributed by atoms with van der Waals surface area (Å²) < 4.78 is 60.5. The highest BCUT2D eigenvalue weighted by Crippen LogP contribution is 2.44. The first-order valence-corrected chi connectivity index (χ1v) is 21.7. The monoisotopic (exact) mass is 805 g/mol. The predicted octanol–water partition coefficient (Wildman–Crippen LogP) is 12.6. The van der Waals surface area contributed by atoms with Gasteiger partial charge in [0.25, 0.3) is 0 Å². The maximum atomic E-state index is 14.9. The SMILES string of the molecule is CN([C@H](c1cc(-c2ccc3ccccc3c2)cc(-c2ccc3ccccc3c2)c1)c1cc(C(F)(F)F)ccc1P(c1ccccc1)c1ccccc1)[S@](=O)C(C)(C)C. The van der Waals surface area contributed by atoms with Crippen molar-refractivity contribution in [2.45, 2.75) is 37.7 Å². The average Bonchev–Trinajstić information content (AvgIpc) is 3.23. The molecule has 0 unspecified atom stereocenters.